The zero-order valence-electron chi connectivity index (χ0n) is 24.3. The number of nitrogens with zero attached hydrogens (tertiary/aromatic N) is 4. The second kappa shape index (κ2) is 12.2. The van der Waals surface area contributed by atoms with Gasteiger partial charge in [-0.25, -0.2) is 13.1 Å². The van der Waals surface area contributed by atoms with E-state index in [1.54, 1.807) is 23.1 Å². The summed E-state index contributed by atoms with van der Waals surface area (Å²) in [6.07, 6.45) is 0.658. The fraction of sp³-hybridized carbons (Fsp3) is 0.188. The van der Waals surface area contributed by atoms with Crippen LogP contribution in [0.4, 0.5) is 17.1 Å². The van der Waals surface area contributed by atoms with Crippen LogP contribution in [0.1, 0.15) is 16.7 Å². The Kier molecular flexibility index (Phi) is 8.25. The second-order valence-corrected chi connectivity index (χ2v) is 13.4. The van der Waals surface area contributed by atoms with Crippen molar-refractivity contribution in [3.05, 3.63) is 106 Å². The summed E-state index contributed by atoms with van der Waals surface area (Å²) in [4.78, 5) is 29.5. The van der Waals surface area contributed by atoms with Gasteiger partial charge in [0, 0.05) is 12.2 Å². The summed E-state index contributed by atoms with van der Waals surface area (Å²) in [5.74, 6) is -2.35. The maximum atomic E-state index is 14.1. The van der Waals surface area contributed by atoms with Gasteiger partial charge in [-0.3, -0.25) is 14.3 Å². The molecule has 1 unspecified atom stereocenters. The first kappa shape index (κ1) is 30.6. The minimum absolute atomic E-state index is 0.0267. The maximum Gasteiger partial charge on any atom is 0.262 e. The van der Waals surface area contributed by atoms with Gasteiger partial charge >= 0.3 is 0 Å². The third-order valence-electron chi connectivity index (χ3n) is 7.66. The normalized spacial score (nSPS) is 13.5. The first-order valence-electron chi connectivity index (χ1n) is 14.1. The zero-order chi connectivity index (χ0) is 31.9. The van der Waals surface area contributed by atoms with Crippen molar-refractivity contribution in [1.82, 2.24) is 15.0 Å². The number of carbonyl (C=O) groups excluding carboxylic acids is 2. The van der Waals surface area contributed by atoms with Crippen LogP contribution in [0.15, 0.2) is 83.8 Å². The smallest absolute Gasteiger partial charge is 0.262 e. The van der Waals surface area contributed by atoms with E-state index in [0.29, 0.717) is 24.0 Å². The molecule has 45 heavy (non-hydrogen) atoms. The van der Waals surface area contributed by atoms with Gasteiger partial charge < -0.3 is 10.2 Å². The number of amides is 2. The van der Waals surface area contributed by atoms with Crippen LogP contribution >= 0.6 is 23.2 Å². The number of carbonyl (C=O) groups is 2. The van der Waals surface area contributed by atoms with E-state index in [1.807, 2.05) is 56.3 Å². The first-order valence-corrected chi connectivity index (χ1v) is 16.3. The highest BCUT2D eigenvalue weighted by atomic mass is 35.5. The first-order chi connectivity index (χ1) is 21.5. The number of rotatable bonds is 8. The minimum Gasteiger partial charge on any atom is -0.324 e. The highest BCUT2D eigenvalue weighted by molar-refractivity contribution is 7.92. The molecular formula is C32H28Cl2N6O4S. The molecule has 0 radical (unpaired) electrons. The van der Waals surface area contributed by atoms with Crippen LogP contribution in [0.5, 0.6) is 0 Å². The number of sulfonamides is 1. The van der Waals surface area contributed by atoms with Crippen molar-refractivity contribution < 1.29 is 18.0 Å². The van der Waals surface area contributed by atoms with Crippen LogP contribution in [-0.4, -0.2) is 41.8 Å². The molecule has 13 heteroatoms. The minimum atomic E-state index is -4.12. The van der Waals surface area contributed by atoms with Crippen molar-refractivity contribution in [2.24, 2.45) is 5.92 Å². The van der Waals surface area contributed by atoms with Crippen LogP contribution in [0.3, 0.4) is 0 Å². The number of nitrogens with one attached hydrogen (secondary N) is 2. The summed E-state index contributed by atoms with van der Waals surface area (Å²) in [6.45, 7) is 4.05. The Morgan fingerprint density at radius 2 is 1.62 bits per heavy atom. The Morgan fingerprint density at radius 3 is 2.44 bits per heavy atom. The molecule has 0 saturated carbocycles. The number of para-hydroxylation sites is 1. The van der Waals surface area contributed by atoms with Gasteiger partial charge in [0.25, 0.3) is 10.0 Å². The summed E-state index contributed by atoms with van der Waals surface area (Å²) < 4.78 is 30.6. The topological polar surface area (TPSA) is 126 Å². The lowest BCUT2D eigenvalue weighted by Gasteiger charge is -2.24. The van der Waals surface area contributed by atoms with Crippen molar-refractivity contribution in [2.45, 2.75) is 31.7 Å². The second-order valence-electron chi connectivity index (χ2n) is 10.9. The third-order valence-corrected chi connectivity index (χ3v) is 9.69. The maximum absolute atomic E-state index is 14.1. The molecule has 0 fully saturated rings. The van der Waals surface area contributed by atoms with Crippen LogP contribution in [-0.2, 0) is 32.6 Å². The summed E-state index contributed by atoms with van der Waals surface area (Å²) in [5, 5.41) is 11.5. The van der Waals surface area contributed by atoms with Gasteiger partial charge in [0.05, 0.1) is 38.4 Å². The standard InChI is InChI=1S/C32H28Cl2N6O4S/c1-19-7-10-25(34)28(15-19)37-45(43,44)22-9-11-24(33)27(17-22)35-31(41)23(18-40-30-16-20(2)8-12-26(30)36-38-40)32(42)39-14-13-21-5-3-4-6-29(21)39/h3-12,15-17,23,37H,13-14,18H2,1-2H3,(H,35,41). The molecule has 0 aliphatic carbocycles. The van der Waals surface area contributed by atoms with E-state index in [2.05, 4.69) is 20.4 Å². The quantitative estimate of drug-likeness (QED) is 0.196. The lowest BCUT2D eigenvalue weighted by Crippen LogP contribution is -2.43. The van der Waals surface area contributed by atoms with Gasteiger partial charge in [0.2, 0.25) is 11.8 Å². The third kappa shape index (κ3) is 6.24. The van der Waals surface area contributed by atoms with E-state index < -0.39 is 27.8 Å². The Balaban J connectivity index is 1.32. The van der Waals surface area contributed by atoms with Crippen molar-refractivity contribution in [3.63, 3.8) is 0 Å². The molecule has 2 N–H and O–H groups in total. The molecule has 6 rings (SSSR count). The van der Waals surface area contributed by atoms with Crippen LogP contribution in [0.2, 0.25) is 10.0 Å². The number of halogens is 2. The summed E-state index contributed by atoms with van der Waals surface area (Å²) in [7, 11) is -4.12. The number of benzene rings is 4. The zero-order valence-corrected chi connectivity index (χ0v) is 26.6. The molecule has 0 bridgehead atoms. The Bertz CT molecular complexity index is 2080. The fourth-order valence-electron chi connectivity index (χ4n) is 5.32. The number of aromatic nitrogens is 3. The number of aryl methyl sites for hydroxylation is 2. The molecule has 1 aliphatic heterocycles. The molecule has 230 valence electrons. The van der Waals surface area contributed by atoms with Gasteiger partial charge in [0.1, 0.15) is 11.4 Å². The summed E-state index contributed by atoms with van der Waals surface area (Å²) in [6, 6.07) is 22.1. The van der Waals surface area contributed by atoms with Crippen LogP contribution in [0, 0.1) is 19.8 Å². The fourth-order valence-corrected chi connectivity index (χ4v) is 6.80. The number of hydrogen-bond donors (Lipinski definition) is 2. The van der Waals surface area contributed by atoms with E-state index in [1.165, 1.54) is 22.9 Å². The van der Waals surface area contributed by atoms with E-state index in [9.17, 15) is 18.0 Å². The molecule has 0 spiro atoms. The predicted octanol–water partition coefficient (Wildman–Crippen LogP) is 6.00. The molecule has 0 saturated heterocycles. The summed E-state index contributed by atoms with van der Waals surface area (Å²) >= 11 is 12.7. The lowest BCUT2D eigenvalue weighted by atomic mass is 10.1. The molecule has 1 aromatic heterocycles. The van der Waals surface area contributed by atoms with Crippen molar-refractivity contribution in [3.8, 4) is 0 Å². The van der Waals surface area contributed by atoms with Gasteiger partial charge in [0.15, 0.2) is 0 Å². The number of anilines is 3. The highest BCUT2D eigenvalue weighted by Crippen LogP contribution is 2.32. The van der Waals surface area contributed by atoms with E-state index >= 15 is 0 Å². The number of hydrogen-bond acceptors (Lipinski definition) is 6. The molecule has 4 aromatic carbocycles. The SMILES string of the molecule is Cc1ccc(Cl)c(NS(=O)(=O)c2ccc(Cl)c(NC(=O)C(Cn3nnc4ccc(C)cc43)C(=O)N3CCc4ccccc43)c2)c1. The van der Waals surface area contributed by atoms with E-state index in [0.717, 1.165) is 22.4 Å². The average Bonchev–Trinajstić information content (AvgIpc) is 3.62. The van der Waals surface area contributed by atoms with Gasteiger partial charge in [-0.15, -0.1) is 5.10 Å². The molecule has 2 amide bonds. The van der Waals surface area contributed by atoms with Gasteiger partial charge in [-0.05, 0) is 85.5 Å². The Morgan fingerprint density at radius 1 is 0.911 bits per heavy atom. The van der Waals surface area contributed by atoms with Crippen LogP contribution in [0.25, 0.3) is 11.0 Å². The molecule has 2 heterocycles. The Labute approximate surface area is 270 Å². The average molecular weight is 664 g/mol. The monoisotopic (exact) mass is 662 g/mol. The molecule has 10 nitrogen and oxygen atoms in total. The molecule has 5 aromatic rings. The number of fused-ring (bicyclic) bond motifs is 2. The van der Waals surface area contributed by atoms with Gasteiger partial charge in [-0.2, -0.15) is 0 Å². The lowest BCUT2D eigenvalue weighted by molar-refractivity contribution is -0.131. The molecule has 1 atom stereocenters. The molecular weight excluding hydrogens is 635 g/mol. The van der Waals surface area contributed by atoms with Crippen molar-refractivity contribution in [1.29, 1.82) is 0 Å². The summed E-state index contributed by atoms with van der Waals surface area (Å²) in [5.41, 5.74) is 5.07. The highest BCUT2D eigenvalue weighted by Gasteiger charge is 2.36. The predicted molar refractivity (Wildman–Crippen MR) is 175 cm³/mol. The van der Waals surface area contributed by atoms with Gasteiger partial charge in [-0.1, -0.05) is 58.7 Å². The van der Waals surface area contributed by atoms with E-state index in [4.69, 9.17) is 23.2 Å². The van der Waals surface area contributed by atoms with Crippen LogP contribution < -0.4 is 14.9 Å². The largest absolute Gasteiger partial charge is 0.324 e. The van der Waals surface area contributed by atoms with Crippen molar-refractivity contribution in [2.75, 3.05) is 21.5 Å². The Hall–Kier alpha value is -4.45. The molecule has 1 aliphatic rings. The van der Waals surface area contributed by atoms with Crippen molar-refractivity contribution >= 4 is 73.1 Å². The van der Waals surface area contributed by atoms with E-state index in [-0.39, 0.29) is 32.9 Å².